The number of nitrogens with two attached hydrogens (primary N) is 1. The minimum Gasteiger partial charge on any atom is -0.388 e. The lowest BCUT2D eigenvalue weighted by Gasteiger charge is -2.34. The highest BCUT2D eigenvalue weighted by Gasteiger charge is 2.26. The van der Waals surface area contributed by atoms with E-state index in [1.165, 1.54) is 18.1 Å². The van der Waals surface area contributed by atoms with Crippen molar-refractivity contribution in [2.45, 2.75) is 32.4 Å². The van der Waals surface area contributed by atoms with Gasteiger partial charge in [-0.2, -0.15) is 0 Å². The van der Waals surface area contributed by atoms with Gasteiger partial charge in [0, 0.05) is 38.8 Å². The van der Waals surface area contributed by atoms with Gasteiger partial charge in [-0.15, -0.1) is 0 Å². The second-order valence-corrected chi connectivity index (χ2v) is 5.79. The van der Waals surface area contributed by atoms with Crippen molar-refractivity contribution in [3.05, 3.63) is 29.3 Å². The van der Waals surface area contributed by atoms with E-state index in [1.54, 1.807) is 6.92 Å². The summed E-state index contributed by atoms with van der Waals surface area (Å²) in [6.45, 7) is 5.73. The van der Waals surface area contributed by atoms with Crippen LogP contribution in [0.3, 0.4) is 0 Å². The number of benzene rings is 1. The number of nitrogens with zero attached hydrogens (tertiary/aromatic N) is 1. The van der Waals surface area contributed by atoms with Crippen molar-refractivity contribution >= 4 is 11.6 Å². The molecule has 0 aliphatic carbocycles. The third-order valence-corrected chi connectivity index (χ3v) is 3.66. The van der Waals surface area contributed by atoms with E-state index in [0.717, 1.165) is 25.2 Å². The summed E-state index contributed by atoms with van der Waals surface area (Å²) in [5.74, 6) is -0.0492. The van der Waals surface area contributed by atoms with Gasteiger partial charge in [-0.25, -0.2) is 0 Å². The maximum atomic E-state index is 11.2. The number of hydrogen-bond donors (Lipinski definition) is 3. The zero-order valence-electron chi connectivity index (χ0n) is 12.1. The first-order valence-electron chi connectivity index (χ1n) is 6.94. The Kier molecular flexibility index (Phi) is 4.42. The molecule has 0 aromatic heterocycles. The van der Waals surface area contributed by atoms with Crippen LogP contribution in [0.4, 0.5) is 5.69 Å². The van der Waals surface area contributed by atoms with Gasteiger partial charge < -0.3 is 16.2 Å². The van der Waals surface area contributed by atoms with E-state index < -0.39 is 5.60 Å². The Balaban J connectivity index is 2.13. The maximum Gasteiger partial charge on any atom is 0.221 e. The largest absolute Gasteiger partial charge is 0.388 e. The third-order valence-electron chi connectivity index (χ3n) is 3.66. The van der Waals surface area contributed by atoms with Crippen LogP contribution in [-0.2, 0) is 17.8 Å². The molecule has 0 saturated heterocycles. The first kappa shape index (κ1) is 15.0. The van der Waals surface area contributed by atoms with Crippen molar-refractivity contribution in [3.8, 4) is 0 Å². The highest BCUT2D eigenvalue weighted by atomic mass is 16.3. The van der Waals surface area contributed by atoms with E-state index in [-0.39, 0.29) is 12.5 Å². The summed E-state index contributed by atoms with van der Waals surface area (Å²) in [5, 5.41) is 13.0. The zero-order valence-corrected chi connectivity index (χ0v) is 12.1. The molecular weight excluding hydrogens is 254 g/mol. The molecule has 5 heteroatoms. The van der Waals surface area contributed by atoms with E-state index in [9.17, 15) is 9.90 Å². The fourth-order valence-corrected chi connectivity index (χ4v) is 2.66. The maximum absolute atomic E-state index is 11.2. The average Bonchev–Trinajstić information content (AvgIpc) is 2.37. The van der Waals surface area contributed by atoms with E-state index in [4.69, 9.17) is 5.73 Å². The summed E-state index contributed by atoms with van der Waals surface area (Å²) < 4.78 is 0. The molecule has 1 atom stereocenters. The number of β-amino-alcohol motifs (C(OH)–C–C–N with tert-alkyl or cyclic N) is 1. The molecule has 1 aliphatic heterocycles. The van der Waals surface area contributed by atoms with Crippen molar-refractivity contribution in [1.29, 1.82) is 0 Å². The van der Waals surface area contributed by atoms with E-state index in [0.29, 0.717) is 6.54 Å². The minimum atomic E-state index is -0.854. The Morgan fingerprint density at radius 1 is 1.55 bits per heavy atom. The van der Waals surface area contributed by atoms with Gasteiger partial charge in [0.15, 0.2) is 0 Å². The number of anilines is 1. The Labute approximate surface area is 119 Å². The highest BCUT2D eigenvalue weighted by molar-refractivity contribution is 5.89. The Hall–Kier alpha value is -1.43. The molecule has 0 saturated carbocycles. The lowest BCUT2D eigenvalue weighted by molar-refractivity contribution is -0.114. The molecule has 1 amide bonds. The third kappa shape index (κ3) is 3.56. The van der Waals surface area contributed by atoms with Crippen molar-refractivity contribution in [1.82, 2.24) is 4.90 Å². The van der Waals surface area contributed by atoms with Gasteiger partial charge in [0.05, 0.1) is 5.60 Å². The molecular formula is C15H23N3O2. The SMILES string of the molecule is CC(=O)Nc1cccc2c1CCN(CC(C)(O)CN)C2. The van der Waals surface area contributed by atoms with Crippen LogP contribution in [0.1, 0.15) is 25.0 Å². The predicted molar refractivity (Wildman–Crippen MR) is 79.4 cm³/mol. The predicted octanol–water partition coefficient (Wildman–Crippen LogP) is 0.713. The number of rotatable bonds is 4. The molecule has 1 heterocycles. The second-order valence-electron chi connectivity index (χ2n) is 5.79. The first-order chi connectivity index (χ1) is 9.41. The number of nitrogens with one attached hydrogen (secondary N) is 1. The highest BCUT2D eigenvalue weighted by Crippen LogP contribution is 2.26. The normalized spacial score (nSPS) is 18.2. The molecule has 20 heavy (non-hydrogen) atoms. The minimum absolute atomic E-state index is 0.0492. The number of aliphatic hydroxyl groups is 1. The van der Waals surface area contributed by atoms with Gasteiger partial charge >= 0.3 is 0 Å². The molecule has 2 rings (SSSR count). The zero-order chi connectivity index (χ0) is 14.8. The summed E-state index contributed by atoms with van der Waals surface area (Å²) >= 11 is 0. The van der Waals surface area contributed by atoms with Crippen LogP contribution in [0, 0.1) is 0 Å². The van der Waals surface area contributed by atoms with Gasteiger partial charge in [-0.05, 0) is 30.5 Å². The number of amides is 1. The molecule has 110 valence electrons. The molecule has 0 spiro atoms. The first-order valence-corrected chi connectivity index (χ1v) is 6.94. The monoisotopic (exact) mass is 277 g/mol. The fourth-order valence-electron chi connectivity index (χ4n) is 2.66. The van der Waals surface area contributed by atoms with Gasteiger partial charge in [0.25, 0.3) is 0 Å². The van der Waals surface area contributed by atoms with E-state index in [2.05, 4.69) is 16.3 Å². The van der Waals surface area contributed by atoms with E-state index in [1.807, 2.05) is 12.1 Å². The standard InChI is InChI=1S/C15H23N3O2/c1-11(19)17-14-5-3-4-12-8-18(7-6-13(12)14)10-15(2,20)9-16/h3-5,20H,6-10,16H2,1-2H3,(H,17,19). The molecule has 1 aliphatic rings. The van der Waals surface area contributed by atoms with Gasteiger partial charge in [-0.1, -0.05) is 12.1 Å². The van der Waals surface area contributed by atoms with Crippen LogP contribution in [-0.4, -0.2) is 41.1 Å². The lowest BCUT2D eigenvalue weighted by Crippen LogP contribution is -2.47. The lowest BCUT2D eigenvalue weighted by atomic mass is 9.96. The van der Waals surface area contributed by atoms with E-state index >= 15 is 0 Å². The smallest absolute Gasteiger partial charge is 0.221 e. The molecule has 5 nitrogen and oxygen atoms in total. The van der Waals surface area contributed by atoms with Gasteiger partial charge in [0.1, 0.15) is 0 Å². The van der Waals surface area contributed by atoms with Crippen LogP contribution >= 0.6 is 0 Å². The summed E-state index contributed by atoms with van der Waals surface area (Å²) in [6.07, 6.45) is 0.867. The van der Waals surface area contributed by atoms with Crippen LogP contribution in [0.15, 0.2) is 18.2 Å². The van der Waals surface area contributed by atoms with Gasteiger partial charge in [0.2, 0.25) is 5.91 Å². The number of hydrogen-bond acceptors (Lipinski definition) is 4. The topological polar surface area (TPSA) is 78.6 Å². The summed E-state index contributed by atoms with van der Waals surface area (Å²) in [7, 11) is 0. The molecule has 4 N–H and O–H groups in total. The number of carbonyl (C=O) groups excluding carboxylic acids is 1. The Morgan fingerprint density at radius 2 is 2.30 bits per heavy atom. The van der Waals surface area contributed by atoms with Crippen LogP contribution < -0.4 is 11.1 Å². The molecule has 0 radical (unpaired) electrons. The fraction of sp³-hybridized carbons (Fsp3) is 0.533. The van der Waals surface area contributed by atoms with Gasteiger partial charge in [-0.3, -0.25) is 9.69 Å². The second kappa shape index (κ2) is 5.91. The van der Waals surface area contributed by atoms with Crippen LogP contribution in [0.2, 0.25) is 0 Å². The molecule has 0 bridgehead atoms. The summed E-state index contributed by atoms with van der Waals surface area (Å²) in [5.41, 5.74) is 8.03. The van der Waals surface area contributed by atoms with Crippen molar-refractivity contribution in [2.24, 2.45) is 5.73 Å². The van der Waals surface area contributed by atoms with Crippen molar-refractivity contribution in [2.75, 3.05) is 25.0 Å². The average molecular weight is 277 g/mol. The quantitative estimate of drug-likeness (QED) is 0.757. The van der Waals surface area contributed by atoms with Crippen LogP contribution in [0.25, 0.3) is 0 Å². The Morgan fingerprint density at radius 3 is 2.95 bits per heavy atom. The number of fused-ring (bicyclic) bond motifs is 1. The summed E-state index contributed by atoms with van der Waals surface area (Å²) in [4.78, 5) is 13.4. The molecule has 0 fully saturated rings. The van der Waals surface area contributed by atoms with Crippen molar-refractivity contribution in [3.63, 3.8) is 0 Å². The van der Waals surface area contributed by atoms with Crippen LogP contribution in [0.5, 0.6) is 0 Å². The molecule has 1 unspecified atom stereocenters. The summed E-state index contributed by atoms with van der Waals surface area (Å²) in [6, 6.07) is 5.96. The Bertz CT molecular complexity index is 500. The van der Waals surface area contributed by atoms with Crippen molar-refractivity contribution < 1.29 is 9.90 Å². The molecule has 1 aromatic carbocycles. The number of carbonyl (C=O) groups is 1. The molecule has 1 aromatic rings.